The third kappa shape index (κ3) is 7.13. The van der Waals surface area contributed by atoms with Gasteiger partial charge in [-0.3, -0.25) is 28.8 Å². The number of imidazole rings is 1. The average Bonchev–Trinajstić information content (AvgIpc) is 4.06. The zero-order chi connectivity index (χ0) is 41.5. The van der Waals surface area contributed by atoms with Crippen molar-refractivity contribution in [3.63, 3.8) is 0 Å². The van der Waals surface area contributed by atoms with Gasteiger partial charge in [0.15, 0.2) is 17.2 Å². The molecule has 0 spiro atoms. The number of primary amides is 1. The molecule has 4 N–H and O–H groups in total. The standard InChI is InChI=1S/C43H40Cl2N6O8/c44-29-10-4-26(5-11-29)21-32(37(54)48-41-16-1-3-36(41)58-23-34(41)52)51(39(56)28-8-14-31(15-9-28)50-20-19-47-25-50)33(22-27-6-12-30(45)13-7-27)38(55)49-42-17-2-18-43(42,40(46)57)59-24-35(42)53/h2,4-15,18-20,25,32-33,36H,1,3,16-17,21-24H2,(H2,46,57)(H,48,54)(H,49,55). The molecule has 1 saturated carbocycles. The van der Waals surface area contributed by atoms with E-state index in [0.29, 0.717) is 46.1 Å². The van der Waals surface area contributed by atoms with Crippen LogP contribution in [0.1, 0.15) is 47.2 Å². The lowest BCUT2D eigenvalue weighted by molar-refractivity contribution is -0.142. The van der Waals surface area contributed by atoms with E-state index in [1.165, 1.54) is 17.1 Å². The highest BCUT2D eigenvalue weighted by atomic mass is 35.5. The Kier molecular flexibility index (Phi) is 10.8. The maximum absolute atomic E-state index is 15.4. The first-order valence-corrected chi connectivity index (χ1v) is 20.0. The largest absolute Gasteiger partial charge is 0.367 e. The molecule has 0 radical (unpaired) electrons. The maximum Gasteiger partial charge on any atom is 0.256 e. The molecular weight excluding hydrogens is 799 g/mol. The van der Waals surface area contributed by atoms with E-state index in [9.17, 15) is 14.4 Å². The summed E-state index contributed by atoms with van der Waals surface area (Å²) in [4.78, 5) is 91.3. The number of hydrogen-bond acceptors (Lipinski definition) is 9. The van der Waals surface area contributed by atoms with Crippen LogP contribution in [0.4, 0.5) is 0 Å². The monoisotopic (exact) mass is 838 g/mol. The van der Waals surface area contributed by atoms with Crippen LogP contribution in [0.5, 0.6) is 0 Å². The number of hydrogen-bond donors (Lipinski definition) is 3. The second-order valence-corrected chi connectivity index (χ2v) is 16.2. The predicted molar refractivity (Wildman–Crippen MR) is 215 cm³/mol. The minimum Gasteiger partial charge on any atom is -0.367 e. The van der Waals surface area contributed by atoms with E-state index in [4.69, 9.17) is 38.4 Å². The van der Waals surface area contributed by atoms with Gasteiger partial charge in [-0.2, -0.15) is 0 Å². The topological polar surface area (TPSA) is 192 Å². The molecule has 16 heteroatoms. The molecule has 2 saturated heterocycles. The van der Waals surface area contributed by atoms with Crippen molar-refractivity contribution in [1.82, 2.24) is 25.1 Å². The van der Waals surface area contributed by atoms with Crippen molar-refractivity contribution in [3.05, 3.63) is 130 Å². The van der Waals surface area contributed by atoms with Crippen molar-refractivity contribution >= 4 is 58.4 Å². The maximum atomic E-state index is 15.4. The molecule has 3 heterocycles. The molecule has 2 aliphatic carbocycles. The summed E-state index contributed by atoms with van der Waals surface area (Å²) in [5.41, 5.74) is 2.59. The first-order chi connectivity index (χ1) is 28.4. The van der Waals surface area contributed by atoms with Crippen LogP contribution in [0.15, 0.2) is 104 Å². The van der Waals surface area contributed by atoms with Gasteiger partial charge in [0.1, 0.15) is 36.4 Å². The van der Waals surface area contributed by atoms with Gasteiger partial charge in [0.05, 0.1) is 12.4 Å². The van der Waals surface area contributed by atoms with Gasteiger partial charge in [-0.15, -0.1) is 0 Å². The van der Waals surface area contributed by atoms with Crippen LogP contribution in [0.2, 0.25) is 10.0 Å². The van der Waals surface area contributed by atoms with E-state index in [2.05, 4.69) is 15.6 Å². The summed E-state index contributed by atoms with van der Waals surface area (Å²) >= 11 is 12.5. The quantitative estimate of drug-likeness (QED) is 0.169. The van der Waals surface area contributed by atoms with Crippen LogP contribution >= 0.6 is 23.2 Å². The van der Waals surface area contributed by atoms with Crippen molar-refractivity contribution in [2.24, 2.45) is 5.73 Å². The van der Waals surface area contributed by atoms with Crippen molar-refractivity contribution in [2.45, 2.75) is 73.4 Å². The highest BCUT2D eigenvalue weighted by Gasteiger charge is 2.67. The Bertz CT molecular complexity index is 2340. The Morgan fingerprint density at radius 1 is 0.864 bits per heavy atom. The van der Waals surface area contributed by atoms with Crippen LogP contribution < -0.4 is 16.4 Å². The van der Waals surface area contributed by atoms with Gasteiger partial charge >= 0.3 is 0 Å². The van der Waals surface area contributed by atoms with Crippen molar-refractivity contribution in [3.8, 4) is 5.69 Å². The Morgan fingerprint density at radius 3 is 2.08 bits per heavy atom. The fourth-order valence-electron chi connectivity index (χ4n) is 8.86. The molecule has 2 aliphatic heterocycles. The van der Waals surface area contributed by atoms with E-state index >= 15 is 14.4 Å². The van der Waals surface area contributed by atoms with E-state index in [1.54, 1.807) is 96.1 Å². The summed E-state index contributed by atoms with van der Waals surface area (Å²) in [7, 11) is 0. The van der Waals surface area contributed by atoms with Gasteiger partial charge in [0.25, 0.3) is 11.8 Å². The number of nitrogens with zero attached hydrogens (tertiary/aromatic N) is 3. The summed E-state index contributed by atoms with van der Waals surface area (Å²) in [5.74, 6) is -4.12. The van der Waals surface area contributed by atoms with Gasteiger partial charge in [0, 0.05) is 46.5 Å². The van der Waals surface area contributed by atoms with Crippen LogP contribution in [-0.2, 0) is 46.3 Å². The molecule has 4 amide bonds. The number of ether oxygens (including phenoxy) is 2. The first-order valence-electron chi connectivity index (χ1n) is 19.2. The lowest BCUT2D eigenvalue weighted by Gasteiger charge is -2.41. The highest BCUT2D eigenvalue weighted by molar-refractivity contribution is 6.30. The smallest absolute Gasteiger partial charge is 0.256 e. The van der Waals surface area contributed by atoms with Gasteiger partial charge in [-0.25, -0.2) is 4.98 Å². The number of amides is 4. The van der Waals surface area contributed by atoms with E-state index < -0.39 is 70.9 Å². The van der Waals surface area contributed by atoms with Crippen molar-refractivity contribution in [2.75, 3.05) is 13.2 Å². The number of carbonyl (C=O) groups is 6. The molecule has 3 fully saturated rings. The number of nitrogens with one attached hydrogen (secondary N) is 2. The number of carbonyl (C=O) groups excluding carboxylic acids is 6. The zero-order valence-corrected chi connectivity index (χ0v) is 33.2. The van der Waals surface area contributed by atoms with Gasteiger partial charge in [-0.05, 0) is 91.4 Å². The minimum absolute atomic E-state index is 0.113. The summed E-state index contributed by atoms with van der Waals surface area (Å²) in [6.45, 7) is -0.670. The molecule has 1 aromatic heterocycles. The number of nitrogens with two attached hydrogens (primary N) is 1. The summed E-state index contributed by atoms with van der Waals surface area (Å²) < 4.78 is 13.3. The number of ketones is 2. The molecular formula is C43H40Cl2N6O8. The molecule has 8 rings (SSSR count). The molecule has 59 heavy (non-hydrogen) atoms. The molecule has 6 unspecified atom stereocenters. The SMILES string of the molecule is NC(=O)C12C=CCC1(NC(=O)C(Cc1ccc(Cl)cc1)N(C(=O)c1ccc(-n3ccnc3)cc1)C(Cc1ccc(Cl)cc1)C(=O)NC13CCCC1OCC3=O)C(=O)CO2. The van der Waals surface area contributed by atoms with Crippen LogP contribution in [0.25, 0.3) is 5.69 Å². The number of rotatable bonds is 13. The lowest BCUT2D eigenvalue weighted by Crippen LogP contribution is -2.70. The van der Waals surface area contributed by atoms with Crippen LogP contribution in [-0.4, -0.2) is 97.7 Å². The van der Waals surface area contributed by atoms with E-state index in [1.807, 2.05) is 0 Å². The second-order valence-electron chi connectivity index (χ2n) is 15.3. The normalized spacial score (nSPS) is 25.3. The van der Waals surface area contributed by atoms with Gasteiger partial charge < -0.3 is 35.3 Å². The third-order valence-electron chi connectivity index (χ3n) is 12.0. The Morgan fingerprint density at radius 2 is 1.49 bits per heavy atom. The summed E-state index contributed by atoms with van der Waals surface area (Å²) in [6.07, 6.45) is 8.40. The summed E-state index contributed by atoms with van der Waals surface area (Å²) in [5, 5.41) is 6.70. The molecule has 3 aromatic carbocycles. The molecule has 4 aliphatic rings. The van der Waals surface area contributed by atoms with Gasteiger partial charge in [-0.1, -0.05) is 53.5 Å². The molecule has 0 bridgehead atoms. The number of fused-ring (bicyclic) bond motifs is 2. The second kappa shape index (κ2) is 15.8. The predicted octanol–water partition coefficient (Wildman–Crippen LogP) is 3.49. The fraction of sp³-hybridized carbons (Fsp3) is 0.326. The molecule has 14 nitrogen and oxygen atoms in total. The Labute approximate surface area is 349 Å². The minimum atomic E-state index is -1.98. The lowest BCUT2D eigenvalue weighted by atomic mass is 9.79. The molecule has 4 aromatic rings. The Hall–Kier alpha value is -5.67. The molecule has 304 valence electrons. The van der Waals surface area contributed by atoms with E-state index in [0.717, 1.165) is 0 Å². The summed E-state index contributed by atoms with van der Waals surface area (Å²) in [6, 6.07) is 16.9. The Balaban J connectivity index is 1.28. The fourth-order valence-corrected chi connectivity index (χ4v) is 9.11. The number of aromatic nitrogens is 2. The van der Waals surface area contributed by atoms with Crippen LogP contribution in [0, 0.1) is 0 Å². The molecule has 6 atom stereocenters. The number of Topliss-reactive ketones (excluding diaryl/α,β-unsaturated/α-hetero) is 2. The van der Waals surface area contributed by atoms with E-state index in [-0.39, 0.29) is 37.2 Å². The van der Waals surface area contributed by atoms with Crippen LogP contribution in [0.3, 0.4) is 0 Å². The zero-order valence-electron chi connectivity index (χ0n) is 31.6. The first kappa shape index (κ1) is 40.1. The highest BCUT2D eigenvalue weighted by Crippen LogP contribution is 2.43. The van der Waals surface area contributed by atoms with Crippen molar-refractivity contribution < 1.29 is 38.2 Å². The number of halogens is 2. The van der Waals surface area contributed by atoms with Gasteiger partial charge in [0.2, 0.25) is 11.8 Å². The average molecular weight is 840 g/mol. The number of benzene rings is 3. The van der Waals surface area contributed by atoms with Crippen molar-refractivity contribution in [1.29, 1.82) is 0 Å². The third-order valence-corrected chi connectivity index (χ3v) is 12.5.